The van der Waals surface area contributed by atoms with E-state index in [1.54, 1.807) is 0 Å². The summed E-state index contributed by atoms with van der Waals surface area (Å²) in [4.78, 5) is 0.919. The normalized spacial score (nSPS) is 13.4. The van der Waals surface area contributed by atoms with Gasteiger partial charge in [-0.15, -0.1) is 11.3 Å². The van der Waals surface area contributed by atoms with Gasteiger partial charge in [0.1, 0.15) is 0 Å². The second-order valence-corrected chi connectivity index (χ2v) is 3.30. The highest BCUT2D eigenvalue weighted by molar-refractivity contribution is 7.10. The first-order valence-corrected chi connectivity index (χ1v) is 4.30. The Balaban J connectivity index is 2.83. The van der Waals surface area contributed by atoms with Gasteiger partial charge in [0.25, 0.3) is 0 Å². The van der Waals surface area contributed by atoms with Crippen molar-refractivity contribution < 1.29 is 5.11 Å². The van der Waals surface area contributed by atoms with E-state index in [1.165, 1.54) is 11.3 Å². The zero-order chi connectivity index (χ0) is 8.27. The molecule has 1 atom stereocenters. The van der Waals surface area contributed by atoms with Crippen molar-refractivity contribution in [3.05, 3.63) is 21.9 Å². The predicted octanol–water partition coefficient (Wildman–Crippen LogP) is 0.199. The molecule has 1 aromatic heterocycles. The number of hydrogen-bond donors (Lipinski definition) is 3. The molecule has 0 radical (unpaired) electrons. The monoisotopic (exact) mass is 172 g/mol. The standard InChI is InChI=1S/C7H12N2OS/c8-3-6(9)5-1-2-11-7(5)4-10/h1-2,6,10H,3-4,8-9H2/t6-/m0/s1. The SMILES string of the molecule is NC[C@H](N)c1ccsc1CO. The Morgan fingerprint density at radius 3 is 2.91 bits per heavy atom. The predicted molar refractivity (Wildman–Crippen MR) is 46.2 cm³/mol. The van der Waals surface area contributed by atoms with Crippen LogP contribution in [0.4, 0.5) is 0 Å². The fourth-order valence-corrected chi connectivity index (χ4v) is 1.75. The summed E-state index contributed by atoms with van der Waals surface area (Å²) in [5, 5.41) is 10.8. The van der Waals surface area contributed by atoms with Gasteiger partial charge >= 0.3 is 0 Å². The van der Waals surface area contributed by atoms with Crippen LogP contribution in [0.3, 0.4) is 0 Å². The molecule has 0 saturated carbocycles. The molecule has 1 aromatic rings. The quantitative estimate of drug-likeness (QED) is 0.610. The summed E-state index contributed by atoms with van der Waals surface area (Å²) < 4.78 is 0. The van der Waals surface area contributed by atoms with E-state index in [1.807, 2.05) is 11.4 Å². The molecule has 0 fully saturated rings. The Labute approximate surface area is 69.6 Å². The highest BCUT2D eigenvalue weighted by Crippen LogP contribution is 2.21. The van der Waals surface area contributed by atoms with Crippen LogP contribution in [0.1, 0.15) is 16.5 Å². The number of rotatable bonds is 3. The summed E-state index contributed by atoms with van der Waals surface area (Å²) >= 11 is 1.51. The molecular formula is C7H12N2OS. The van der Waals surface area contributed by atoms with Crippen LogP contribution >= 0.6 is 11.3 Å². The summed E-state index contributed by atoms with van der Waals surface area (Å²) in [5.74, 6) is 0. The van der Waals surface area contributed by atoms with Crippen LogP contribution in [-0.2, 0) is 6.61 Å². The molecular weight excluding hydrogens is 160 g/mol. The zero-order valence-electron chi connectivity index (χ0n) is 6.16. The third-order valence-electron chi connectivity index (χ3n) is 1.58. The van der Waals surface area contributed by atoms with E-state index in [0.717, 1.165) is 10.4 Å². The van der Waals surface area contributed by atoms with Gasteiger partial charge in [-0.1, -0.05) is 0 Å². The zero-order valence-corrected chi connectivity index (χ0v) is 6.97. The smallest absolute Gasteiger partial charge is 0.0777 e. The highest BCUT2D eigenvalue weighted by Gasteiger charge is 2.09. The molecule has 0 amide bonds. The van der Waals surface area contributed by atoms with E-state index in [4.69, 9.17) is 16.6 Å². The molecule has 0 unspecified atom stereocenters. The Morgan fingerprint density at radius 2 is 2.36 bits per heavy atom. The first kappa shape index (κ1) is 8.67. The molecule has 1 rings (SSSR count). The minimum atomic E-state index is -0.136. The third-order valence-corrected chi connectivity index (χ3v) is 2.50. The average Bonchev–Trinajstić information content (AvgIpc) is 2.50. The van der Waals surface area contributed by atoms with Crippen LogP contribution in [0.25, 0.3) is 0 Å². The first-order chi connectivity index (χ1) is 5.29. The fourth-order valence-electron chi connectivity index (χ4n) is 0.936. The molecule has 0 aromatic carbocycles. The largest absolute Gasteiger partial charge is 0.391 e. The average molecular weight is 172 g/mol. The summed E-state index contributed by atoms with van der Waals surface area (Å²) in [7, 11) is 0. The van der Waals surface area contributed by atoms with E-state index in [0.29, 0.717) is 6.54 Å². The van der Waals surface area contributed by atoms with Crippen molar-refractivity contribution in [2.24, 2.45) is 11.5 Å². The van der Waals surface area contributed by atoms with Crippen LogP contribution < -0.4 is 11.5 Å². The topological polar surface area (TPSA) is 72.3 Å². The van der Waals surface area contributed by atoms with Crippen LogP contribution in [-0.4, -0.2) is 11.7 Å². The van der Waals surface area contributed by atoms with E-state index >= 15 is 0 Å². The lowest BCUT2D eigenvalue weighted by Gasteiger charge is -2.07. The fraction of sp³-hybridized carbons (Fsp3) is 0.429. The van der Waals surface area contributed by atoms with Gasteiger partial charge in [0.05, 0.1) is 6.61 Å². The Morgan fingerprint density at radius 1 is 1.64 bits per heavy atom. The Bertz CT molecular complexity index is 224. The van der Waals surface area contributed by atoms with E-state index in [2.05, 4.69) is 0 Å². The van der Waals surface area contributed by atoms with E-state index in [-0.39, 0.29) is 12.6 Å². The summed E-state index contributed by atoms with van der Waals surface area (Å²) in [6, 6.07) is 1.77. The molecule has 0 aliphatic carbocycles. The van der Waals surface area contributed by atoms with Gasteiger partial charge in [-0.05, 0) is 17.0 Å². The molecule has 4 heteroatoms. The lowest BCUT2D eigenvalue weighted by atomic mass is 10.1. The minimum Gasteiger partial charge on any atom is -0.391 e. The number of hydrogen-bond acceptors (Lipinski definition) is 4. The van der Waals surface area contributed by atoms with Crippen LogP contribution in [0, 0.1) is 0 Å². The van der Waals surface area contributed by atoms with Crippen molar-refractivity contribution in [1.29, 1.82) is 0 Å². The van der Waals surface area contributed by atoms with Crippen molar-refractivity contribution in [3.8, 4) is 0 Å². The maximum absolute atomic E-state index is 8.87. The Kier molecular flexibility index (Phi) is 3.02. The van der Waals surface area contributed by atoms with Gasteiger partial charge in [0.15, 0.2) is 0 Å². The van der Waals surface area contributed by atoms with Gasteiger partial charge in [0.2, 0.25) is 0 Å². The third kappa shape index (κ3) is 1.78. The van der Waals surface area contributed by atoms with Gasteiger partial charge < -0.3 is 16.6 Å². The maximum Gasteiger partial charge on any atom is 0.0777 e. The summed E-state index contributed by atoms with van der Waals surface area (Å²) in [6.07, 6.45) is 0. The maximum atomic E-state index is 8.87. The molecule has 5 N–H and O–H groups in total. The number of nitrogens with two attached hydrogens (primary N) is 2. The summed E-state index contributed by atoms with van der Waals surface area (Å²) in [5.41, 5.74) is 12.0. The van der Waals surface area contributed by atoms with Gasteiger partial charge in [0, 0.05) is 17.5 Å². The van der Waals surface area contributed by atoms with Gasteiger partial charge in [-0.3, -0.25) is 0 Å². The van der Waals surface area contributed by atoms with Crippen molar-refractivity contribution in [1.82, 2.24) is 0 Å². The van der Waals surface area contributed by atoms with Crippen LogP contribution in [0.2, 0.25) is 0 Å². The van der Waals surface area contributed by atoms with E-state index in [9.17, 15) is 0 Å². The van der Waals surface area contributed by atoms with Crippen LogP contribution in [0.5, 0.6) is 0 Å². The van der Waals surface area contributed by atoms with Crippen LogP contribution in [0.15, 0.2) is 11.4 Å². The molecule has 0 saturated heterocycles. The lowest BCUT2D eigenvalue weighted by molar-refractivity contribution is 0.284. The van der Waals surface area contributed by atoms with Crippen molar-refractivity contribution in [2.45, 2.75) is 12.6 Å². The molecule has 11 heavy (non-hydrogen) atoms. The molecule has 1 heterocycles. The summed E-state index contributed by atoms with van der Waals surface area (Å²) in [6.45, 7) is 0.477. The molecule has 3 nitrogen and oxygen atoms in total. The second kappa shape index (κ2) is 3.82. The van der Waals surface area contributed by atoms with Gasteiger partial charge in [-0.2, -0.15) is 0 Å². The first-order valence-electron chi connectivity index (χ1n) is 3.42. The molecule has 0 spiro atoms. The lowest BCUT2D eigenvalue weighted by Crippen LogP contribution is -2.21. The second-order valence-electron chi connectivity index (χ2n) is 2.30. The molecule has 62 valence electrons. The minimum absolute atomic E-state index is 0.0562. The van der Waals surface area contributed by atoms with E-state index < -0.39 is 0 Å². The molecule has 0 aliphatic heterocycles. The van der Waals surface area contributed by atoms with Crippen molar-refractivity contribution in [2.75, 3.05) is 6.54 Å². The molecule has 0 bridgehead atoms. The number of aliphatic hydroxyl groups excluding tert-OH is 1. The number of thiophene rings is 1. The van der Waals surface area contributed by atoms with Gasteiger partial charge in [-0.25, -0.2) is 0 Å². The van der Waals surface area contributed by atoms with Crippen molar-refractivity contribution in [3.63, 3.8) is 0 Å². The Hall–Kier alpha value is -0.420. The van der Waals surface area contributed by atoms with Crippen molar-refractivity contribution >= 4 is 11.3 Å². The molecule has 0 aliphatic rings. The number of aliphatic hydroxyl groups is 1. The highest BCUT2D eigenvalue weighted by atomic mass is 32.1.